The van der Waals surface area contributed by atoms with E-state index in [0.717, 1.165) is 0 Å². The van der Waals surface area contributed by atoms with Crippen molar-refractivity contribution >= 4 is 19.8 Å². The fourth-order valence-corrected chi connectivity index (χ4v) is 0.932. The topological polar surface area (TPSA) is 147 Å². The molecule has 0 aliphatic heterocycles. The van der Waals surface area contributed by atoms with Gasteiger partial charge in [0.15, 0.2) is 0 Å². The number of carboxylic acid groups (broad SMARTS) is 1. The molecule has 0 bridgehead atoms. The number of carbonyl (C=O) groups is 2. The summed E-state index contributed by atoms with van der Waals surface area (Å²) in [5.41, 5.74) is 5.03. The lowest BCUT2D eigenvalue weighted by molar-refractivity contribution is -0.139. The third kappa shape index (κ3) is 6.55. The number of phosphoric ester groups is 1. The van der Waals surface area contributed by atoms with Crippen molar-refractivity contribution in [2.45, 2.75) is 18.9 Å². The van der Waals surface area contributed by atoms with Gasteiger partial charge in [0, 0.05) is 6.42 Å². The first-order chi connectivity index (χ1) is 6.22. The summed E-state index contributed by atoms with van der Waals surface area (Å²) in [5.74, 6) is -2.48. The first kappa shape index (κ1) is 13.1. The Balaban J connectivity index is 3.87. The molecule has 0 aliphatic rings. The van der Waals surface area contributed by atoms with Crippen molar-refractivity contribution in [2.24, 2.45) is 5.73 Å². The average Bonchev–Trinajstić information content (AvgIpc) is 1.96. The molecular weight excluding hydrogens is 217 g/mol. The Morgan fingerprint density at radius 1 is 1.43 bits per heavy atom. The highest BCUT2D eigenvalue weighted by atomic mass is 31.2. The molecule has 0 aliphatic carbocycles. The van der Waals surface area contributed by atoms with E-state index in [1.54, 1.807) is 0 Å². The summed E-state index contributed by atoms with van der Waals surface area (Å²) in [5, 5.41) is 8.30. The maximum Gasteiger partial charge on any atom is 0.526 e. The predicted molar refractivity (Wildman–Crippen MR) is 43.0 cm³/mol. The quantitative estimate of drug-likeness (QED) is 0.428. The summed E-state index contributed by atoms with van der Waals surface area (Å²) >= 11 is 0. The predicted octanol–water partition coefficient (Wildman–Crippen LogP) is -1.19. The second-order valence-corrected chi connectivity index (χ2v) is 3.60. The van der Waals surface area contributed by atoms with Crippen LogP contribution in [0.15, 0.2) is 0 Å². The van der Waals surface area contributed by atoms with Crippen LogP contribution in [0.5, 0.6) is 0 Å². The minimum absolute atomic E-state index is 0.242. The number of carbonyl (C=O) groups excluding carboxylic acids is 1. The van der Waals surface area contributed by atoms with E-state index in [9.17, 15) is 14.2 Å². The second-order valence-electron chi connectivity index (χ2n) is 2.44. The summed E-state index contributed by atoms with van der Waals surface area (Å²) in [6.45, 7) is 0. The van der Waals surface area contributed by atoms with Crippen molar-refractivity contribution in [2.75, 3.05) is 0 Å². The molecule has 0 heterocycles. The number of phosphoric acid groups is 1. The van der Waals surface area contributed by atoms with Gasteiger partial charge in [0.25, 0.3) is 0 Å². The van der Waals surface area contributed by atoms with E-state index in [1.165, 1.54) is 0 Å². The molecular formula is C5H10NO7P. The number of aliphatic carboxylic acids is 1. The molecule has 0 aromatic carbocycles. The van der Waals surface area contributed by atoms with Crippen molar-refractivity contribution in [3.63, 3.8) is 0 Å². The standard InChI is InChI=1S/C5H10NO7P/c6-3(5(8)9)1-2-4(7)13-14(10,11)12/h3H,1-2,6H2,(H,8,9)(H2,10,11,12)/t3-/m0/s1. The SMILES string of the molecule is N[C@@H](CCC(=O)OP(=O)(O)O)C(=O)O. The van der Waals surface area contributed by atoms with E-state index in [-0.39, 0.29) is 6.42 Å². The van der Waals surface area contributed by atoms with Gasteiger partial charge in [-0.25, -0.2) is 4.57 Å². The molecule has 0 unspecified atom stereocenters. The summed E-state index contributed by atoms with van der Waals surface area (Å²) < 4.78 is 13.8. The van der Waals surface area contributed by atoms with E-state index in [2.05, 4.69) is 4.52 Å². The first-order valence-electron chi connectivity index (χ1n) is 3.48. The minimum Gasteiger partial charge on any atom is -0.480 e. The maximum atomic E-state index is 10.6. The first-order valence-corrected chi connectivity index (χ1v) is 5.02. The molecule has 0 spiro atoms. The zero-order chi connectivity index (χ0) is 11.4. The van der Waals surface area contributed by atoms with E-state index in [0.29, 0.717) is 0 Å². The summed E-state index contributed by atoms with van der Waals surface area (Å²) in [4.78, 5) is 37.2. The van der Waals surface area contributed by atoms with Crippen LogP contribution in [0.1, 0.15) is 12.8 Å². The average molecular weight is 227 g/mol. The molecule has 0 saturated carbocycles. The zero-order valence-corrected chi connectivity index (χ0v) is 7.89. The van der Waals surface area contributed by atoms with Crippen LogP contribution < -0.4 is 5.73 Å². The van der Waals surface area contributed by atoms with Gasteiger partial charge in [0.05, 0.1) is 0 Å². The van der Waals surface area contributed by atoms with Gasteiger partial charge < -0.3 is 15.4 Å². The second kappa shape index (κ2) is 5.06. The van der Waals surface area contributed by atoms with E-state index >= 15 is 0 Å². The Kier molecular flexibility index (Phi) is 4.72. The van der Waals surface area contributed by atoms with Gasteiger partial charge in [-0.3, -0.25) is 19.4 Å². The van der Waals surface area contributed by atoms with Gasteiger partial charge in [-0.15, -0.1) is 0 Å². The maximum absolute atomic E-state index is 10.6. The van der Waals surface area contributed by atoms with Crippen molar-refractivity contribution in [1.29, 1.82) is 0 Å². The number of rotatable bonds is 5. The lowest BCUT2D eigenvalue weighted by Crippen LogP contribution is -2.30. The smallest absolute Gasteiger partial charge is 0.480 e. The molecule has 0 rings (SSSR count). The van der Waals surface area contributed by atoms with Crippen LogP contribution in [0.2, 0.25) is 0 Å². The zero-order valence-electron chi connectivity index (χ0n) is 6.99. The molecule has 5 N–H and O–H groups in total. The van der Waals surface area contributed by atoms with Gasteiger partial charge >= 0.3 is 19.8 Å². The Bertz CT molecular complexity index is 271. The number of hydrogen-bond donors (Lipinski definition) is 4. The highest BCUT2D eigenvalue weighted by Crippen LogP contribution is 2.36. The third-order valence-electron chi connectivity index (χ3n) is 1.20. The molecule has 0 saturated heterocycles. The van der Waals surface area contributed by atoms with Crippen LogP contribution >= 0.6 is 7.82 Å². The van der Waals surface area contributed by atoms with E-state index in [1.807, 2.05) is 0 Å². The number of nitrogens with two attached hydrogens (primary N) is 1. The molecule has 0 aromatic heterocycles. The van der Waals surface area contributed by atoms with Crippen molar-refractivity contribution in [1.82, 2.24) is 0 Å². The molecule has 1 atom stereocenters. The Hall–Kier alpha value is -0.950. The largest absolute Gasteiger partial charge is 0.526 e. The van der Waals surface area contributed by atoms with Crippen molar-refractivity contribution in [3.8, 4) is 0 Å². The van der Waals surface area contributed by atoms with Gasteiger partial charge in [0.1, 0.15) is 6.04 Å². The molecule has 0 aromatic rings. The molecule has 14 heavy (non-hydrogen) atoms. The fraction of sp³-hybridized carbons (Fsp3) is 0.600. The molecule has 0 fully saturated rings. The Morgan fingerprint density at radius 3 is 2.29 bits per heavy atom. The van der Waals surface area contributed by atoms with Crippen LogP contribution in [-0.4, -0.2) is 32.9 Å². The normalized spacial score (nSPS) is 13.4. The highest BCUT2D eigenvalue weighted by Gasteiger charge is 2.21. The summed E-state index contributed by atoms with van der Waals surface area (Å²) in [6.07, 6.45) is -0.702. The van der Waals surface area contributed by atoms with Crippen molar-refractivity contribution < 1.29 is 33.6 Å². The van der Waals surface area contributed by atoms with Gasteiger partial charge in [0.2, 0.25) is 0 Å². The van der Waals surface area contributed by atoms with Gasteiger partial charge in [-0.05, 0) is 6.42 Å². The molecule has 9 heteroatoms. The van der Waals surface area contributed by atoms with E-state index in [4.69, 9.17) is 20.6 Å². The fourth-order valence-electron chi connectivity index (χ4n) is 0.575. The Morgan fingerprint density at radius 2 is 1.93 bits per heavy atom. The van der Waals surface area contributed by atoms with Crippen LogP contribution in [0.25, 0.3) is 0 Å². The van der Waals surface area contributed by atoms with Crippen LogP contribution in [0.4, 0.5) is 0 Å². The van der Waals surface area contributed by atoms with Crippen LogP contribution in [-0.2, 0) is 18.7 Å². The number of carboxylic acids is 1. The monoisotopic (exact) mass is 227 g/mol. The minimum atomic E-state index is -4.84. The molecule has 0 amide bonds. The lowest BCUT2D eigenvalue weighted by atomic mass is 10.2. The van der Waals surface area contributed by atoms with Crippen molar-refractivity contribution in [3.05, 3.63) is 0 Å². The van der Waals surface area contributed by atoms with Gasteiger partial charge in [-0.1, -0.05) is 0 Å². The van der Waals surface area contributed by atoms with Gasteiger partial charge in [-0.2, -0.15) is 0 Å². The lowest BCUT2D eigenvalue weighted by Gasteiger charge is -2.06. The summed E-state index contributed by atoms with van der Waals surface area (Å²) in [6, 6.07) is -1.25. The Labute approximate surface area is 78.9 Å². The number of hydrogen-bond acceptors (Lipinski definition) is 5. The summed E-state index contributed by atoms with van der Waals surface area (Å²) in [7, 11) is -4.84. The van der Waals surface area contributed by atoms with E-state index < -0.39 is 32.2 Å². The molecule has 82 valence electrons. The highest BCUT2D eigenvalue weighted by molar-refractivity contribution is 7.46. The molecule has 0 radical (unpaired) electrons. The molecule has 8 nitrogen and oxygen atoms in total. The third-order valence-corrected chi connectivity index (χ3v) is 1.64. The van der Waals surface area contributed by atoms with Crippen LogP contribution in [0.3, 0.4) is 0 Å². The van der Waals surface area contributed by atoms with Crippen LogP contribution in [0, 0.1) is 0 Å².